The molecule has 2 aliphatic rings. The van der Waals surface area contributed by atoms with Crippen molar-refractivity contribution in [1.82, 2.24) is 0 Å². The van der Waals surface area contributed by atoms with Crippen LogP contribution in [0.1, 0.15) is 13.3 Å². The lowest BCUT2D eigenvalue weighted by Crippen LogP contribution is -2.45. The van der Waals surface area contributed by atoms with E-state index >= 15 is 0 Å². The number of aliphatic hydroxyl groups excluding tert-OH is 2. The molecule has 0 aromatic rings. The van der Waals surface area contributed by atoms with Gasteiger partial charge < -0.3 is 19.7 Å². The van der Waals surface area contributed by atoms with Crippen LogP contribution in [-0.2, 0) is 9.47 Å². The summed E-state index contributed by atoms with van der Waals surface area (Å²) in [5.41, 5.74) is 0. The fourth-order valence-electron chi connectivity index (χ4n) is 2.16. The summed E-state index contributed by atoms with van der Waals surface area (Å²) < 4.78 is 10.5. The molecule has 0 bridgehead atoms. The highest BCUT2D eigenvalue weighted by Gasteiger charge is 2.50. The van der Waals surface area contributed by atoms with Crippen LogP contribution in [0.5, 0.6) is 0 Å². The van der Waals surface area contributed by atoms with Crippen LogP contribution < -0.4 is 0 Å². The van der Waals surface area contributed by atoms with Gasteiger partial charge in [-0.2, -0.15) is 0 Å². The Morgan fingerprint density at radius 2 is 2.21 bits per heavy atom. The Balaban J connectivity index is 2.37. The highest BCUT2D eigenvalue weighted by molar-refractivity contribution is 5.20. The molecule has 4 heteroatoms. The Labute approximate surface area is 82.4 Å². The van der Waals surface area contributed by atoms with E-state index in [0.717, 1.165) is 0 Å². The zero-order valence-corrected chi connectivity index (χ0v) is 8.23. The summed E-state index contributed by atoms with van der Waals surface area (Å²) in [6.45, 7) is 1.75. The number of hydrogen-bond acceptors (Lipinski definition) is 4. The second kappa shape index (κ2) is 2.92. The Bertz CT molecular complexity index is 307. The summed E-state index contributed by atoms with van der Waals surface area (Å²) in [5.74, 6) is -0.899. The molecule has 0 aromatic carbocycles. The molecule has 2 N–H and O–H groups in total. The molecule has 14 heavy (non-hydrogen) atoms. The quantitative estimate of drug-likeness (QED) is 0.675. The van der Waals surface area contributed by atoms with Crippen molar-refractivity contribution in [2.24, 2.45) is 11.8 Å². The third-order valence-electron chi connectivity index (χ3n) is 3.07. The molecule has 0 amide bonds. The van der Waals surface area contributed by atoms with Gasteiger partial charge in [0.15, 0.2) is 0 Å². The third-order valence-corrected chi connectivity index (χ3v) is 3.07. The second-order valence-electron chi connectivity index (χ2n) is 3.83. The van der Waals surface area contributed by atoms with Gasteiger partial charge in [-0.3, -0.25) is 0 Å². The lowest BCUT2D eigenvalue weighted by atomic mass is 9.85. The van der Waals surface area contributed by atoms with E-state index in [1.165, 1.54) is 13.4 Å². The van der Waals surface area contributed by atoms with Gasteiger partial charge in [-0.05, 0) is 12.5 Å². The maximum absolute atomic E-state index is 9.67. The van der Waals surface area contributed by atoms with Gasteiger partial charge in [0.1, 0.15) is 12.0 Å². The monoisotopic (exact) mass is 198 g/mol. The lowest BCUT2D eigenvalue weighted by molar-refractivity contribution is -0.228. The first-order valence-corrected chi connectivity index (χ1v) is 4.59. The van der Waals surface area contributed by atoms with Crippen LogP contribution in [0, 0.1) is 11.8 Å². The molecule has 0 aromatic heterocycles. The maximum Gasteiger partial charge on any atom is 0.217 e. The highest BCUT2D eigenvalue weighted by atomic mass is 16.7. The molecule has 0 fully saturated rings. The number of fused-ring (bicyclic) bond motifs is 1. The molecule has 0 saturated carbocycles. The first-order chi connectivity index (χ1) is 6.58. The number of rotatable bonds is 1. The molecule has 0 saturated heterocycles. The largest absolute Gasteiger partial charge is 0.512 e. The Hall–Kier alpha value is -1.16. The normalized spacial score (nSPS) is 41.0. The van der Waals surface area contributed by atoms with Crippen molar-refractivity contribution in [1.29, 1.82) is 0 Å². The molecule has 1 heterocycles. The minimum atomic E-state index is -0.881. The lowest BCUT2D eigenvalue weighted by Gasteiger charge is -2.39. The topological polar surface area (TPSA) is 58.9 Å². The van der Waals surface area contributed by atoms with Gasteiger partial charge in [0, 0.05) is 20.0 Å². The van der Waals surface area contributed by atoms with Crippen LogP contribution in [0.2, 0.25) is 0 Å². The van der Waals surface area contributed by atoms with Crippen molar-refractivity contribution in [2.75, 3.05) is 7.11 Å². The molecule has 2 rings (SSSR count). The van der Waals surface area contributed by atoms with Gasteiger partial charge in [-0.25, -0.2) is 0 Å². The van der Waals surface area contributed by atoms with Crippen molar-refractivity contribution in [2.45, 2.75) is 19.1 Å². The molecular formula is C10H14O4. The van der Waals surface area contributed by atoms with E-state index in [0.29, 0.717) is 6.42 Å². The SMILES string of the molecule is CO[C@]1(C)OC=C(O)[C@H]2CC=C(O)[C@H]21. The standard InChI is InChI=1S/C10H14O4/c1-10(13-2)9-6(3-4-7(9)11)8(12)5-14-10/h4-6,9,11-12H,3H2,1-2H3/t6-,9+,10-/m1/s1. The van der Waals surface area contributed by atoms with E-state index in [1.807, 2.05) is 0 Å². The first-order valence-electron chi connectivity index (χ1n) is 4.59. The van der Waals surface area contributed by atoms with Crippen LogP contribution in [-0.4, -0.2) is 23.1 Å². The molecular weight excluding hydrogens is 184 g/mol. The molecule has 0 radical (unpaired) electrons. The van der Waals surface area contributed by atoms with Crippen molar-refractivity contribution in [3.05, 3.63) is 23.9 Å². The minimum Gasteiger partial charge on any atom is -0.512 e. The molecule has 3 atom stereocenters. The highest BCUT2D eigenvalue weighted by Crippen LogP contribution is 2.46. The van der Waals surface area contributed by atoms with Gasteiger partial charge >= 0.3 is 0 Å². The predicted molar refractivity (Wildman–Crippen MR) is 49.5 cm³/mol. The van der Waals surface area contributed by atoms with Gasteiger partial charge in [0.2, 0.25) is 5.79 Å². The summed E-state index contributed by atoms with van der Waals surface area (Å²) in [7, 11) is 1.53. The smallest absolute Gasteiger partial charge is 0.217 e. The van der Waals surface area contributed by atoms with E-state index < -0.39 is 5.79 Å². The van der Waals surface area contributed by atoms with Gasteiger partial charge in [-0.15, -0.1) is 0 Å². The van der Waals surface area contributed by atoms with Crippen molar-refractivity contribution in [3.63, 3.8) is 0 Å². The van der Waals surface area contributed by atoms with Crippen LogP contribution in [0.15, 0.2) is 23.9 Å². The Morgan fingerprint density at radius 3 is 2.86 bits per heavy atom. The summed E-state index contributed by atoms with van der Waals surface area (Å²) in [4.78, 5) is 0. The van der Waals surface area contributed by atoms with Crippen LogP contribution in [0.4, 0.5) is 0 Å². The molecule has 1 aliphatic carbocycles. The fourth-order valence-corrected chi connectivity index (χ4v) is 2.16. The molecule has 1 aliphatic heterocycles. The van der Waals surface area contributed by atoms with Crippen LogP contribution in [0.25, 0.3) is 0 Å². The number of methoxy groups -OCH3 is 1. The van der Waals surface area contributed by atoms with E-state index in [1.54, 1.807) is 13.0 Å². The van der Waals surface area contributed by atoms with Crippen LogP contribution >= 0.6 is 0 Å². The predicted octanol–water partition coefficient (Wildman–Crippen LogP) is 1.86. The van der Waals surface area contributed by atoms with Crippen molar-refractivity contribution in [3.8, 4) is 0 Å². The Morgan fingerprint density at radius 1 is 1.50 bits per heavy atom. The number of ether oxygens (including phenoxy) is 2. The second-order valence-corrected chi connectivity index (χ2v) is 3.83. The summed E-state index contributed by atoms with van der Waals surface area (Å²) in [6, 6.07) is 0. The molecule has 0 spiro atoms. The summed E-state index contributed by atoms with van der Waals surface area (Å²) >= 11 is 0. The average molecular weight is 198 g/mol. The van der Waals surface area contributed by atoms with E-state index in [4.69, 9.17) is 9.47 Å². The van der Waals surface area contributed by atoms with Crippen LogP contribution in [0.3, 0.4) is 0 Å². The van der Waals surface area contributed by atoms with E-state index in [2.05, 4.69) is 0 Å². The van der Waals surface area contributed by atoms with E-state index in [-0.39, 0.29) is 23.4 Å². The molecule has 78 valence electrons. The van der Waals surface area contributed by atoms with Gasteiger partial charge in [-0.1, -0.05) is 0 Å². The van der Waals surface area contributed by atoms with Crippen molar-refractivity contribution >= 4 is 0 Å². The minimum absolute atomic E-state index is 0.117. The third kappa shape index (κ3) is 1.10. The van der Waals surface area contributed by atoms with E-state index in [9.17, 15) is 10.2 Å². The maximum atomic E-state index is 9.67. The fraction of sp³-hybridized carbons (Fsp3) is 0.600. The first kappa shape index (κ1) is 9.40. The zero-order valence-electron chi connectivity index (χ0n) is 8.23. The number of hydrogen-bond donors (Lipinski definition) is 2. The Kier molecular flexibility index (Phi) is 1.96. The summed E-state index contributed by atoms with van der Waals surface area (Å²) in [5, 5.41) is 19.2. The summed E-state index contributed by atoms with van der Waals surface area (Å²) in [6.07, 6.45) is 3.63. The van der Waals surface area contributed by atoms with Gasteiger partial charge in [0.05, 0.1) is 11.7 Å². The molecule has 4 nitrogen and oxygen atoms in total. The van der Waals surface area contributed by atoms with Gasteiger partial charge in [0.25, 0.3) is 0 Å². The number of aliphatic hydroxyl groups is 2. The number of allylic oxidation sites excluding steroid dienone is 2. The molecule has 0 unspecified atom stereocenters. The average Bonchev–Trinajstić information content (AvgIpc) is 2.56. The zero-order chi connectivity index (χ0) is 10.3. The van der Waals surface area contributed by atoms with Crippen molar-refractivity contribution < 1.29 is 19.7 Å².